The van der Waals surface area contributed by atoms with Crippen molar-refractivity contribution in [1.82, 2.24) is 0 Å². The Hall–Kier alpha value is -1.37. The first-order chi connectivity index (χ1) is 8.25. The molecule has 17 heavy (non-hydrogen) atoms. The Morgan fingerprint density at radius 1 is 1.24 bits per heavy atom. The first kappa shape index (κ1) is 13.7. The smallest absolute Gasteiger partial charge is 0.140 e. The third kappa shape index (κ3) is 4.99. The SMILES string of the molecule is C=CCCCCCC(=O)C(C)c1ccccc1. The monoisotopic (exact) mass is 230 g/mol. The Bertz CT molecular complexity index is 340. The normalized spacial score (nSPS) is 12.1. The van der Waals surface area contributed by atoms with Crippen LogP contribution in [0.2, 0.25) is 0 Å². The van der Waals surface area contributed by atoms with E-state index in [-0.39, 0.29) is 5.92 Å². The van der Waals surface area contributed by atoms with E-state index in [9.17, 15) is 4.79 Å². The van der Waals surface area contributed by atoms with Gasteiger partial charge in [-0.15, -0.1) is 6.58 Å². The second-order valence-electron chi connectivity index (χ2n) is 4.49. The van der Waals surface area contributed by atoms with Gasteiger partial charge < -0.3 is 0 Å². The van der Waals surface area contributed by atoms with E-state index in [0.29, 0.717) is 12.2 Å². The lowest BCUT2D eigenvalue weighted by Crippen LogP contribution is -2.08. The fraction of sp³-hybridized carbons (Fsp3) is 0.438. The van der Waals surface area contributed by atoms with Crippen molar-refractivity contribution in [3.63, 3.8) is 0 Å². The third-order valence-electron chi connectivity index (χ3n) is 3.11. The molecule has 1 heteroatoms. The lowest BCUT2D eigenvalue weighted by Gasteiger charge is -2.10. The quantitative estimate of drug-likeness (QED) is 0.475. The maximum Gasteiger partial charge on any atom is 0.140 e. The van der Waals surface area contributed by atoms with Gasteiger partial charge in [0.15, 0.2) is 0 Å². The van der Waals surface area contributed by atoms with Gasteiger partial charge in [-0.1, -0.05) is 49.8 Å². The molecule has 0 N–H and O–H groups in total. The Morgan fingerprint density at radius 3 is 2.59 bits per heavy atom. The van der Waals surface area contributed by atoms with Crippen LogP contribution in [-0.4, -0.2) is 5.78 Å². The van der Waals surface area contributed by atoms with Crippen molar-refractivity contribution < 1.29 is 4.79 Å². The molecule has 0 saturated carbocycles. The summed E-state index contributed by atoms with van der Waals surface area (Å²) in [6.07, 6.45) is 6.98. The van der Waals surface area contributed by atoms with Crippen LogP contribution in [0.3, 0.4) is 0 Å². The van der Waals surface area contributed by atoms with Gasteiger partial charge in [0.05, 0.1) is 0 Å². The molecule has 0 aromatic heterocycles. The van der Waals surface area contributed by atoms with Gasteiger partial charge in [0.1, 0.15) is 5.78 Å². The zero-order valence-corrected chi connectivity index (χ0v) is 10.7. The van der Waals surface area contributed by atoms with E-state index in [1.807, 2.05) is 43.3 Å². The molecule has 0 saturated heterocycles. The zero-order chi connectivity index (χ0) is 12.5. The van der Waals surface area contributed by atoms with Gasteiger partial charge in [-0.05, 0) is 24.8 Å². The fourth-order valence-corrected chi connectivity index (χ4v) is 1.91. The minimum Gasteiger partial charge on any atom is -0.299 e. The Labute approximate surface area is 105 Å². The highest BCUT2D eigenvalue weighted by Gasteiger charge is 2.13. The molecule has 0 heterocycles. The predicted molar refractivity (Wildman–Crippen MR) is 73.1 cm³/mol. The number of hydrogen-bond donors (Lipinski definition) is 0. The summed E-state index contributed by atoms with van der Waals surface area (Å²) in [7, 11) is 0. The van der Waals surface area contributed by atoms with Gasteiger partial charge in [0, 0.05) is 12.3 Å². The van der Waals surface area contributed by atoms with Crippen LogP contribution in [0.25, 0.3) is 0 Å². The summed E-state index contributed by atoms with van der Waals surface area (Å²) in [4.78, 5) is 12.0. The summed E-state index contributed by atoms with van der Waals surface area (Å²) in [6.45, 7) is 5.70. The molecule has 1 nitrogen and oxygen atoms in total. The number of ketones is 1. The van der Waals surface area contributed by atoms with Crippen molar-refractivity contribution in [2.24, 2.45) is 0 Å². The summed E-state index contributed by atoms with van der Waals surface area (Å²) in [5, 5.41) is 0. The first-order valence-corrected chi connectivity index (χ1v) is 6.44. The molecule has 0 aliphatic rings. The molecule has 1 aromatic carbocycles. The van der Waals surface area contributed by atoms with Crippen molar-refractivity contribution in [1.29, 1.82) is 0 Å². The molecule has 1 rings (SSSR count). The summed E-state index contributed by atoms with van der Waals surface area (Å²) >= 11 is 0. The van der Waals surface area contributed by atoms with E-state index < -0.39 is 0 Å². The second-order valence-corrected chi connectivity index (χ2v) is 4.49. The van der Waals surface area contributed by atoms with Gasteiger partial charge in [0.2, 0.25) is 0 Å². The van der Waals surface area contributed by atoms with E-state index in [0.717, 1.165) is 31.2 Å². The molecule has 0 aliphatic carbocycles. The molecular formula is C16H22O. The number of carbonyl (C=O) groups is 1. The molecule has 1 aromatic rings. The topological polar surface area (TPSA) is 17.1 Å². The second kappa shape index (κ2) is 7.83. The van der Waals surface area contributed by atoms with Crippen LogP contribution in [0, 0.1) is 0 Å². The molecule has 0 amide bonds. The van der Waals surface area contributed by atoms with Gasteiger partial charge in [-0.25, -0.2) is 0 Å². The van der Waals surface area contributed by atoms with Crippen molar-refractivity contribution in [2.75, 3.05) is 0 Å². The molecule has 92 valence electrons. The number of unbranched alkanes of at least 4 members (excludes halogenated alkanes) is 3. The molecule has 0 radical (unpaired) electrons. The standard InChI is InChI=1S/C16H22O/c1-3-4-5-6-10-13-16(17)14(2)15-11-8-7-9-12-15/h3,7-9,11-12,14H,1,4-6,10,13H2,2H3. The van der Waals surface area contributed by atoms with Gasteiger partial charge in [0.25, 0.3) is 0 Å². The first-order valence-electron chi connectivity index (χ1n) is 6.44. The molecule has 0 fully saturated rings. The van der Waals surface area contributed by atoms with E-state index in [1.165, 1.54) is 0 Å². The van der Waals surface area contributed by atoms with Crippen LogP contribution in [0.4, 0.5) is 0 Å². The minimum atomic E-state index is 0.0376. The van der Waals surface area contributed by atoms with Crippen LogP contribution >= 0.6 is 0 Å². The molecular weight excluding hydrogens is 208 g/mol. The zero-order valence-electron chi connectivity index (χ0n) is 10.7. The summed E-state index contributed by atoms with van der Waals surface area (Å²) in [6, 6.07) is 10.0. The van der Waals surface area contributed by atoms with Crippen molar-refractivity contribution in [2.45, 2.75) is 44.9 Å². The Kier molecular flexibility index (Phi) is 6.31. The molecule has 0 spiro atoms. The lowest BCUT2D eigenvalue weighted by molar-refractivity contribution is -0.120. The molecule has 0 bridgehead atoms. The van der Waals surface area contributed by atoms with Crippen LogP contribution in [0.5, 0.6) is 0 Å². The number of Topliss-reactive ketones (excluding diaryl/α,β-unsaturated/α-hetero) is 1. The van der Waals surface area contributed by atoms with E-state index in [2.05, 4.69) is 6.58 Å². The highest BCUT2D eigenvalue weighted by atomic mass is 16.1. The largest absolute Gasteiger partial charge is 0.299 e. The predicted octanol–water partition coefficient (Wildman–Crippen LogP) is 4.50. The fourth-order valence-electron chi connectivity index (χ4n) is 1.91. The van der Waals surface area contributed by atoms with E-state index in [1.54, 1.807) is 0 Å². The minimum absolute atomic E-state index is 0.0376. The molecule has 0 aliphatic heterocycles. The van der Waals surface area contributed by atoms with Crippen LogP contribution < -0.4 is 0 Å². The lowest BCUT2D eigenvalue weighted by atomic mass is 9.93. The Morgan fingerprint density at radius 2 is 1.94 bits per heavy atom. The average molecular weight is 230 g/mol. The Balaban J connectivity index is 2.30. The number of hydrogen-bond acceptors (Lipinski definition) is 1. The highest BCUT2D eigenvalue weighted by Crippen LogP contribution is 2.18. The van der Waals surface area contributed by atoms with Crippen LogP contribution in [0.1, 0.15) is 50.5 Å². The van der Waals surface area contributed by atoms with E-state index >= 15 is 0 Å². The van der Waals surface area contributed by atoms with Crippen LogP contribution in [0.15, 0.2) is 43.0 Å². The summed E-state index contributed by atoms with van der Waals surface area (Å²) in [5.74, 6) is 0.394. The van der Waals surface area contributed by atoms with Crippen LogP contribution in [-0.2, 0) is 4.79 Å². The van der Waals surface area contributed by atoms with Gasteiger partial charge in [-0.2, -0.15) is 0 Å². The van der Waals surface area contributed by atoms with Crippen molar-refractivity contribution in [3.05, 3.63) is 48.6 Å². The number of benzene rings is 1. The maximum atomic E-state index is 12.0. The number of carbonyl (C=O) groups excluding carboxylic acids is 1. The van der Waals surface area contributed by atoms with Crippen molar-refractivity contribution in [3.8, 4) is 0 Å². The highest BCUT2D eigenvalue weighted by molar-refractivity contribution is 5.85. The third-order valence-corrected chi connectivity index (χ3v) is 3.11. The van der Waals surface area contributed by atoms with E-state index in [4.69, 9.17) is 0 Å². The van der Waals surface area contributed by atoms with Gasteiger partial charge in [-0.3, -0.25) is 4.79 Å². The number of rotatable bonds is 8. The van der Waals surface area contributed by atoms with Gasteiger partial charge >= 0.3 is 0 Å². The summed E-state index contributed by atoms with van der Waals surface area (Å²) < 4.78 is 0. The average Bonchev–Trinajstić information content (AvgIpc) is 2.38. The van der Waals surface area contributed by atoms with Crippen molar-refractivity contribution >= 4 is 5.78 Å². The number of allylic oxidation sites excluding steroid dienone is 1. The molecule has 1 unspecified atom stereocenters. The summed E-state index contributed by atoms with van der Waals surface area (Å²) in [5.41, 5.74) is 1.13. The molecule has 1 atom stereocenters. The maximum absolute atomic E-state index is 12.0.